The molecular formula is C27H20ClN3O3. The number of carboxylic acids is 1. The second kappa shape index (κ2) is 9.00. The van der Waals surface area contributed by atoms with E-state index in [4.69, 9.17) is 11.6 Å². The highest BCUT2D eigenvalue weighted by Gasteiger charge is 2.19. The lowest BCUT2D eigenvalue weighted by Gasteiger charge is -2.21. The molecular weight excluding hydrogens is 450 g/mol. The van der Waals surface area contributed by atoms with Crippen molar-refractivity contribution < 1.29 is 9.90 Å². The number of rotatable bonds is 6. The third-order valence-electron chi connectivity index (χ3n) is 5.84. The summed E-state index contributed by atoms with van der Waals surface area (Å²) in [5.74, 6) is -1.07. The van der Waals surface area contributed by atoms with E-state index in [9.17, 15) is 14.7 Å². The number of halogens is 1. The quantitative estimate of drug-likeness (QED) is 0.369. The zero-order chi connectivity index (χ0) is 23.7. The smallest absolute Gasteiger partial charge is 0.323 e. The van der Waals surface area contributed by atoms with Crippen molar-refractivity contribution in [1.29, 1.82) is 0 Å². The molecule has 7 heteroatoms. The Kier molecular flexibility index (Phi) is 5.74. The number of imidazole rings is 1. The Morgan fingerprint density at radius 2 is 1.71 bits per heavy atom. The van der Waals surface area contributed by atoms with E-state index in [0.717, 1.165) is 27.6 Å². The summed E-state index contributed by atoms with van der Waals surface area (Å²) < 4.78 is 3.29. The van der Waals surface area contributed by atoms with E-state index >= 15 is 0 Å². The summed E-state index contributed by atoms with van der Waals surface area (Å²) in [6, 6.07) is 24.4. The van der Waals surface area contributed by atoms with Gasteiger partial charge in [-0.1, -0.05) is 60.1 Å². The standard InChI is InChI=1S/C27H20ClN3O3/c28-21-9-6-19(7-10-21)27(30-13-12-29-17-30)20-8-11-24-23(14-20)22(18-4-2-1-3-5-18)15-25(32)31(24)16-26(33)34/h1-15,17,27H,16H2,(H,33,34). The van der Waals surface area contributed by atoms with Crippen LogP contribution in [0.3, 0.4) is 0 Å². The third-order valence-corrected chi connectivity index (χ3v) is 6.09. The van der Waals surface area contributed by atoms with E-state index in [1.807, 2.05) is 83.6 Å². The maximum Gasteiger partial charge on any atom is 0.323 e. The molecule has 5 rings (SSSR count). The van der Waals surface area contributed by atoms with Crippen LogP contribution in [-0.2, 0) is 11.3 Å². The Bertz CT molecular complexity index is 1530. The van der Waals surface area contributed by atoms with Gasteiger partial charge in [0.05, 0.1) is 17.9 Å². The van der Waals surface area contributed by atoms with Gasteiger partial charge in [-0.25, -0.2) is 4.98 Å². The number of benzene rings is 3. The zero-order valence-electron chi connectivity index (χ0n) is 18.0. The fourth-order valence-corrected chi connectivity index (χ4v) is 4.46. The highest BCUT2D eigenvalue weighted by atomic mass is 35.5. The van der Waals surface area contributed by atoms with E-state index < -0.39 is 12.5 Å². The summed E-state index contributed by atoms with van der Waals surface area (Å²) in [6.07, 6.45) is 5.38. The van der Waals surface area contributed by atoms with Crippen LogP contribution in [0.15, 0.2) is 102 Å². The van der Waals surface area contributed by atoms with Gasteiger partial charge in [0.2, 0.25) is 0 Å². The van der Waals surface area contributed by atoms with E-state index in [1.54, 1.807) is 12.5 Å². The first-order valence-electron chi connectivity index (χ1n) is 10.7. The van der Waals surface area contributed by atoms with Gasteiger partial charge in [-0.15, -0.1) is 0 Å². The predicted molar refractivity (Wildman–Crippen MR) is 132 cm³/mol. The van der Waals surface area contributed by atoms with Gasteiger partial charge in [0.1, 0.15) is 6.54 Å². The molecule has 0 spiro atoms. The molecule has 6 nitrogen and oxygen atoms in total. The average Bonchev–Trinajstić information content (AvgIpc) is 3.37. The SMILES string of the molecule is O=C(O)Cn1c(=O)cc(-c2ccccc2)c2cc(C(c3ccc(Cl)cc3)n3ccnc3)ccc21. The molecule has 0 amide bonds. The van der Waals surface area contributed by atoms with Gasteiger partial charge >= 0.3 is 5.97 Å². The van der Waals surface area contributed by atoms with Crippen LogP contribution in [0.1, 0.15) is 17.2 Å². The minimum Gasteiger partial charge on any atom is -0.480 e. The van der Waals surface area contributed by atoms with Crippen molar-refractivity contribution in [3.05, 3.63) is 124 Å². The van der Waals surface area contributed by atoms with Crippen molar-refractivity contribution >= 4 is 28.5 Å². The monoisotopic (exact) mass is 469 g/mol. The fourth-order valence-electron chi connectivity index (χ4n) is 4.33. The van der Waals surface area contributed by atoms with Crippen LogP contribution in [-0.4, -0.2) is 25.2 Å². The van der Waals surface area contributed by atoms with Crippen LogP contribution in [0.2, 0.25) is 5.02 Å². The number of nitrogens with zero attached hydrogens (tertiary/aromatic N) is 3. The summed E-state index contributed by atoms with van der Waals surface area (Å²) >= 11 is 6.13. The number of hydrogen-bond donors (Lipinski definition) is 1. The highest BCUT2D eigenvalue weighted by molar-refractivity contribution is 6.30. The minimum atomic E-state index is -1.07. The third kappa shape index (κ3) is 4.11. The number of aromatic nitrogens is 3. The van der Waals surface area contributed by atoms with Crippen LogP contribution in [0, 0.1) is 0 Å². The molecule has 0 bridgehead atoms. The second-order valence-corrected chi connectivity index (χ2v) is 8.42. The van der Waals surface area contributed by atoms with Crippen LogP contribution < -0.4 is 5.56 Å². The maximum absolute atomic E-state index is 12.9. The highest BCUT2D eigenvalue weighted by Crippen LogP contribution is 2.33. The predicted octanol–water partition coefficient (Wildman–Crippen LogP) is 5.24. The van der Waals surface area contributed by atoms with Gasteiger partial charge in [-0.2, -0.15) is 0 Å². The summed E-state index contributed by atoms with van der Waals surface area (Å²) in [6.45, 7) is -0.411. The molecule has 34 heavy (non-hydrogen) atoms. The van der Waals surface area contributed by atoms with Crippen molar-refractivity contribution in [1.82, 2.24) is 14.1 Å². The largest absolute Gasteiger partial charge is 0.480 e. The maximum atomic E-state index is 12.9. The second-order valence-electron chi connectivity index (χ2n) is 7.98. The lowest BCUT2D eigenvalue weighted by Crippen LogP contribution is -2.24. The number of fused-ring (bicyclic) bond motifs is 1. The van der Waals surface area contributed by atoms with Crippen molar-refractivity contribution in [2.75, 3.05) is 0 Å². The molecule has 0 aliphatic rings. The van der Waals surface area contributed by atoms with E-state index in [0.29, 0.717) is 10.5 Å². The Balaban J connectivity index is 1.78. The number of pyridine rings is 1. The minimum absolute atomic E-state index is 0.187. The Hall–Kier alpha value is -4.16. The molecule has 0 aliphatic heterocycles. The topological polar surface area (TPSA) is 77.1 Å². The molecule has 0 saturated carbocycles. The van der Waals surface area contributed by atoms with Crippen LogP contribution in [0.4, 0.5) is 0 Å². The molecule has 0 aliphatic carbocycles. The number of carbonyl (C=O) groups is 1. The van der Waals surface area contributed by atoms with E-state index in [2.05, 4.69) is 4.98 Å². The molecule has 1 unspecified atom stereocenters. The molecule has 0 saturated heterocycles. The number of aliphatic carboxylic acids is 1. The molecule has 1 N–H and O–H groups in total. The molecule has 0 radical (unpaired) electrons. The molecule has 3 aromatic carbocycles. The van der Waals surface area contributed by atoms with Crippen LogP contribution in [0.25, 0.3) is 22.0 Å². The zero-order valence-corrected chi connectivity index (χ0v) is 18.8. The summed E-state index contributed by atoms with van der Waals surface area (Å²) in [4.78, 5) is 28.6. The van der Waals surface area contributed by atoms with Crippen molar-refractivity contribution in [3.8, 4) is 11.1 Å². The Labute approximate surface area is 200 Å². The lowest BCUT2D eigenvalue weighted by atomic mass is 9.94. The molecule has 2 aromatic heterocycles. The molecule has 168 valence electrons. The first kappa shape index (κ1) is 21.7. The number of hydrogen-bond acceptors (Lipinski definition) is 3. The fraction of sp³-hybridized carbons (Fsp3) is 0.0741. The molecule has 1 atom stereocenters. The van der Waals surface area contributed by atoms with Gasteiger partial charge in [0.15, 0.2) is 0 Å². The van der Waals surface area contributed by atoms with Gasteiger partial charge in [0, 0.05) is 28.9 Å². The molecule has 2 heterocycles. The van der Waals surface area contributed by atoms with Crippen molar-refractivity contribution in [2.45, 2.75) is 12.6 Å². The Morgan fingerprint density at radius 3 is 2.38 bits per heavy atom. The van der Waals surface area contributed by atoms with Gasteiger partial charge in [-0.3, -0.25) is 14.2 Å². The number of carboxylic acid groups (broad SMARTS) is 1. The Morgan fingerprint density at radius 1 is 0.971 bits per heavy atom. The van der Waals surface area contributed by atoms with Gasteiger partial charge in [-0.05, 0) is 46.5 Å². The summed E-state index contributed by atoms with van der Waals surface area (Å²) in [5, 5.41) is 10.8. The molecule has 5 aromatic rings. The van der Waals surface area contributed by atoms with E-state index in [1.165, 1.54) is 10.6 Å². The summed E-state index contributed by atoms with van der Waals surface area (Å²) in [7, 11) is 0. The first-order valence-corrected chi connectivity index (χ1v) is 11.1. The summed E-state index contributed by atoms with van der Waals surface area (Å²) in [5.41, 5.74) is 3.83. The van der Waals surface area contributed by atoms with Crippen molar-refractivity contribution in [2.24, 2.45) is 0 Å². The van der Waals surface area contributed by atoms with E-state index in [-0.39, 0.29) is 11.6 Å². The normalized spacial score (nSPS) is 12.0. The van der Waals surface area contributed by atoms with Crippen molar-refractivity contribution in [3.63, 3.8) is 0 Å². The van der Waals surface area contributed by atoms with Gasteiger partial charge in [0.25, 0.3) is 5.56 Å². The average molecular weight is 470 g/mol. The van der Waals surface area contributed by atoms with Crippen LogP contribution in [0.5, 0.6) is 0 Å². The lowest BCUT2D eigenvalue weighted by molar-refractivity contribution is -0.137. The van der Waals surface area contributed by atoms with Gasteiger partial charge < -0.3 is 9.67 Å². The van der Waals surface area contributed by atoms with Crippen LogP contribution >= 0.6 is 11.6 Å². The first-order chi connectivity index (χ1) is 16.5. The molecule has 0 fully saturated rings.